The minimum absolute atomic E-state index is 0.264. The van der Waals surface area contributed by atoms with Crippen molar-refractivity contribution in [3.8, 4) is 5.75 Å². The van der Waals surface area contributed by atoms with Crippen molar-refractivity contribution in [2.45, 2.75) is 51.7 Å². The highest BCUT2D eigenvalue weighted by atomic mass is 16.5. The van der Waals surface area contributed by atoms with Crippen molar-refractivity contribution in [2.24, 2.45) is 0 Å². The summed E-state index contributed by atoms with van der Waals surface area (Å²) < 4.78 is 5.84. The Morgan fingerprint density at radius 2 is 2.10 bits per heavy atom. The lowest BCUT2D eigenvalue weighted by Crippen LogP contribution is -2.38. The Balaban J connectivity index is 1.65. The van der Waals surface area contributed by atoms with Crippen LogP contribution in [0, 0.1) is 0 Å². The van der Waals surface area contributed by atoms with Gasteiger partial charge in [0.2, 0.25) is 0 Å². The predicted octanol–water partition coefficient (Wildman–Crippen LogP) is 3.30. The van der Waals surface area contributed by atoms with E-state index in [-0.39, 0.29) is 6.10 Å². The molecule has 0 aromatic heterocycles. The van der Waals surface area contributed by atoms with E-state index >= 15 is 0 Å². The molecule has 0 amide bonds. The van der Waals surface area contributed by atoms with Gasteiger partial charge in [-0.3, -0.25) is 0 Å². The molecule has 2 unspecified atom stereocenters. The third kappa shape index (κ3) is 3.09. The third-order valence-corrected chi connectivity index (χ3v) is 4.50. The van der Waals surface area contributed by atoms with E-state index in [0.29, 0.717) is 6.04 Å². The molecule has 1 fully saturated rings. The molecular formula is C17H26N2O. The normalized spacial score (nSPS) is 24.4. The molecular weight excluding hydrogens is 248 g/mol. The Kier molecular flexibility index (Phi) is 4.16. The minimum Gasteiger partial charge on any atom is -0.487 e. The van der Waals surface area contributed by atoms with Crippen LogP contribution in [-0.4, -0.2) is 36.7 Å². The molecule has 2 aliphatic heterocycles. The van der Waals surface area contributed by atoms with Gasteiger partial charge >= 0.3 is 0 Å². The van der Waals surface area contributed by atoms with Gasteiger partial charge in [-0.05, 0) is 63.9 Å². The maximum atomic E-state index is 5.84. The van der Waals surface area contributed by atoms with Gasteiger partial charge in [0.1, 0.15) is 11.9 Å². The van der Waals surface area contributed by atoms with Crippen LogP contribution in [0.15, 0.2) is 18.2 Å². The lowest BCUT2D eigenvalue weighted by molar-refractivity contribution is 0.173. The number of rotatable bonds is 3. The minimum atomic E-state index is 0.264. The first-order valence-electron chi connectivity index (χ1n) is 8.00. The van der Waals surface area contributed by atoms with Crippen molar-refractivity contribution in [3.05, 3.63) is 23.8 Å². The van der Waals surface area contributed by atoms with Gasteiger partial charge in [-0.25, -0.2) is 0 Å². The molecule has 0 bridgehead atoms. The third-order valence-electron chi connectivity index (χ3n) is 4.50. The SMILES string of the molecule is CC1CNc2cc(CC(C)N3CCCCC3)ccc2O1. The molecule has 2 heterocycles. The maximum absolute atomic E-state index is 5.84. The van der Waals surface area contributed by atoms with Crippen molar-refractivity contribution in [1.82, 2.24) is 4.90 Å². The number of piperidine rings is 1. The van der Waals surface area contributed by atoms with E-state index in [1.807, 2.05) is 0 Å². The van der Waals surface area contributed by atoms with Crippen molar-refractivity contribution < 1.29 is 4.74 Å². The number of nitrogens with one attached hydrogen (secondary N) is 1. The van der Waals surface area contributed by atoms with Gasteiger partial charge in [0.25, 0.3) is 0 Å². The van der Waals surface area contributed by atoms with Gasteiger partial charge in [0.15, 0.2) is 0 Å². The highest BCUT2D eigenvalue weighted by Crippen LogP contribution is 2.30. The van der Waals surface area contributed by atoms with Gasteiger partial charge in [0, 0.05) is 6.04 Å². The number of hydrogen-bond acceptors (Lipinski definition) is 3. The van der Waals surface area contributed by atoms with Crippen LogP contribution in [0.2, 0.25) is 0 Å². The highest BCUT2D eigenvalue weighted by Gasteiger charge is 2.19. The molecule has 0 spiro atoms. The monoisotopic (exact) mass is 274 g/mol. The van der Waals surface area contributed by atoms with Crippen molar-refractivity contribution in [3.63, 3.8) is 0 Å². The van der Waals surface area contributed by atoms with Crippen LogP contribution in [0.25, 0.3) is 0 Å². The van der Waals surface area contributed by atoms with Gasteiger partial charge in [-0.1, -0.05) is 12.5 Å². The second kappa shape index (κ2) is 6.04. The van der Waals surface area contributed by atoms with Crippen LogP contribution >= 0.6 is 0 Å². The van der Waals surface area contributed by atoms with E-state index in [1.54, 1.807) is 0 Å². The van der Waals surface area contributed by atoms with Gasteiger partial charge < -0.3 is 15.0 Å². The first kappa shape index (κ1) is 13.7. The average Bonchev–Trinajstić information content (AvgIpc) is 2.48. The Morgan fingerprint density at radius 1 is 1.30 bits per heavy atom. The fraction of sp³-hybridized carbons (Fsp3) is 0.647. The number of benzene rings is 1. The molecule has 1 aromatic rings. The zero-order valence-corrected chi connectivity index (χ0v) is 12.7. The van der Waals surface area contributed by atoms with E-state index in [1.165, 1.54) is 37.9 Å². The van der Waals surface area contributed by atoms with Gasteiger partial charge in [-0.2, -0.15) is 0 Å². The van der Waals surface area contributed by atoms with Crippen LogP contribution in [0.4, 0.5) is 5.69 Å². The van der Waals surface area contributed by atoms with E-state index in [9.17, 15) is 0 Å². The summed E-state index contributed by atoms with van der Waals surface area (Å²) in [5.41, 5.74) is 2.57. The maximum Gasteiger partial charge on any atom is 0.142 e. The van der Waals surface area contributed by atoms with Crippen LogP contribution in [0.3, 0.4) is 0 Å². The van der Waals surface area contributed by atoms with Crippen molar-refractivity contribution in [1.29, 1.82) is 0 Å². The molecule has 2 aliphatic rings. The zero-order valence-electron chi connectivity index (χ0n) is 12.7. The largest absolute Gasteiger partial charge is 0.487 e. The standard InChI is InChI=1S/C17H26N2O/c1-13(19-8-4-3-5-9-19)10-15-6-7-17-16(11-15)18-12-14(2)20-17/h6-7,11,13-14,18H,3-5,8-10,12H2,1-2H3. The van der Waals surface area contributed by atoms with Crippen LogP contribution < -0.4 is 10.1 Å². The molecule has 3 nitrogen and oxygen atoms in total. The Hall–Kier alpha value is -1.22. The Morgan fingerprint density at radius 3 is 2.90 bits per heavy atom. The fourth-order valence-electron chi connectivity index (χ4n) is 3.29. The first-order chi connectivity index (χ1) is 9.72. The number of ether oxygens (including phenoxy) is 1. The molecule has 0 aliphatic carbocycles. The second-order valence-corrected chi connectivity index (χ2v) is 6.29. The highest BCUT2D eigenvalue weighted by molar-refractivity contribution is 5.59. The smallest absolute Gasteiger partial charge is 0.142 e. The Bertz CT molecular complexity index is 454. The van der Waals surface area contributed by atoms with Crippen LogP contribution in [0.1, 0.15) is 38.7 Å². The molecule has 2 atom stereocenters. The number of hydrogen-bond donors (Lipinski definition) is 1. The number of anilines is 1. The topological polar surface area (TPSA) is 24.5 Å². The van der Waals surface area contributed by atoms with Crippen molar-refractivity contribution in [2.75, 3.05) is 25.0 Å². The summed E-state index contributed by atoms with van der Waals surface area (Å²) >= 11 is 0. The summed E-state index contributed by atoms with van der Waals surface area (Å²) in [5.74, 6) is 0.998. The fourth-order valence-corrected chi connectivity index (χ4v) is 3.29. The predicted molar refractivity (Wildman–Crippen MR) is 83.6 cm³/mol. The number of likely N-dealkylation sites (tertiary alicyclic amines) is 1. The zero-order chi connectivity index (χ0) is 13.9. The summed E-state index contributed by atoms with van der Waals surface area (Å²) in [6, 6.07) is 7.24. The molecule has 1 N–H and O–H groups in total. The number of nitrogens with zero attached hydrogens (tertiary/aromatic N) is 1. The average molecular weight is 274 g/mol. The molecule has 110 valence electrons. The summed E-state index contributed by atoms with van der Waals surface area (Å²) in [6.45, 7) is 7.90. The van der Waals surface area contributed by atoms with Gasteiger partial charge in [-0.15, -0.1) is 0 Å². The molecule has 3 rings (SSSR count). The van der Waals surface area contributed by atoms with E-state index in [2.05, 4.69) is 42.3 Å². The Labute approximate surface area is 122 Å². The van der Waals surface area contributed by atoms with E-state index in [0.717, 1.165) is 24.4 Å². The van der Waals surface area contributed by atoms with Crippen LogP contribution in [-0.2, 0) is 6.42 Å². The number of fused-ring (bicyclic) bond motifs is 1. The molecule has 1 saturated heterocycles. The summed E-state index contributed by atoms with van der Waals surface area (Å²) in [5, 5.41) is 3.47. The molecule has 1 aromatic carbocycles. The van der Waals surface area contributed by atoms with E-state index in [4.69, 9.17) is 4.74 Å². The molecule has 20 heavy (non-hydrogen) atoms. The molecule has 0 saturated carbocycles. The summed E-state index contributed by atoms with van der Waals surface area (Å²) in [7, 11) is 0. The summed E-state index contributed by atoms with van der Waals surface area (Å²) in [4.78, 5) is 2.63. The first-order valence-corrected chi connectivity index (χ1v) is 8.00. The summed E-state index contributed by atoms with van der Waals surface area (Å²) in [6.07, 6.45) is 5.52. The lowest BCUT2D eigenvalue weighted by Gasteiger charge is -2.32. The molecule has 0 radical (unpaired) electrons. The van der Waals surface area contributed by atoms with Crippen molar-refractivity contribution >= 4 is 5.69 Å². The quantitative estimate of drug-likeness (QED) is 0.915. The van der Waals surface area contributed by atoms with Gasteiger partial charge in [0.05, 0.1) is 12.2 Å². The van der Waals surface area contributed by atoms with E-state index < -0.39 is 0 Å². The van der Waals surface area contributed by atoms with Crippen LogP contribution in [0.5, 0.6) is 5.75 Å². The molecule has 3 heteroatoms. The second-order valence-electron chi connectivity index (χ2n) is 6.29. The lowest BCUT2D eigenvalue weighted by atomic mass is 10.0.